The van der Waals surface area contributed by atoms with Crippen LogP contribution in [0.15, 0.2) is 29.6 Å². The molecule has 20 heavy (non-hydrogen) atoms. The predicted molar refractivity (Wildman–Crippen MR) is 84.2 cm³/mol. The molecule has 3 rings (SSSR count). The third-order valence-corrected chi connectivity index (χ3v) is 5.00. The fourth-order valence-electron chi connectivity index (χ4n) is 2.91. The van der Waals surface area contributed by atoms with E-state index in [4.69, 9.17) is 0 Å². The molecule has 2 amide bonds. The zero-order valence-electron chi connectivity index (χ0n) is 11.7. The number of fused-ring (bicyclic) bond motifs is 1. The van der Waals surface area contributed by atoms with Gasteiger partial charge in [-0.05, 0) is 42.2 Å². The summed E-state index contributed by atoms with van der Waals surface area (Å²) in [5, 5.41) is 9.52. The summed E-state index contributed by atoms with van der Waals surface area (Å²) in [6, 6.07) is 8.69. The average molecular weight is 288 g/mol. The number of benzene rings is 1. The summed E-state index contributed by atoms with van der Waals surface area (Å²) < 4.78 is 1.27. The highest BCUT2D eigenvalue weighted by atomic mass is 32.1. The first-order valence-corrected chi connectivity index (χ1v) is 8.15. The Kier molecular flexibility index (Phi) is 3.92. The van der Waals surface area contributed by atoms with Crippen LogP contribution < -0.4 is 10.6 Å². The molecule has 1 aromatic carbocycles. The van der Waals surface area contributed by atoms with E-state index in [-0.39, 0.29) is 12.1 Å². The van der Waals surface area contributed by atoms with E-state index < -0.39 is 0 Å². The Labute approximate surface area is 123 Å². The van der Waals surface area contributed by atoms with Gasteiger partial charge in [-0.15, -0.1) is 11.3 Å². The van der Waals surface area contributed by atoms with Gasteiger partial charge in [-0.3, -0.25) is 0 Å². The van der Waals surface area contributed by atoms with Crippen LogP contribution in [0.5, 0.6) is 0 Å². The van der Waals surface area contributed by atoms with E-state index in [2.05, 4.69) is 28.1 Å². The van der Waals surface area contributed by atoms with Gasteiger partial charge in [0, 0.05) is 10.7 Å². The Hall–Kier alpha value is -1.55. The van der Waals surface area contributed by atoms with E-state index in [1.54, 1.807) is 11.3 Å². The minimum absolute atomic E-state index is 0.0348. The highest BCUT2D eigenvalue weighted by Gasteiger charge is 2.19. The number of rotatable bonds is 3. The lowest BCUT2D eigenvalue weighted by Gasteiger charge is -2.17. The Balaban J connectivity index is 1.66. The summed E-state index contributed by atoms with van der Waals surface area (Å²) in [7, 11) is 0. The molecule has 1 heterocycles. The van der Waals surface area contributed by atoms with Crippen LogP contribution >= 0.6 is 11.3 Å². The minimum Gasteiger partial charge on any atom is -0.335 e. The standard InChI is InChI=1S/C16H20N2OS/c1-11(17-16(19)18-12-6-2-3-7-12)14-10-20-15-9-5-4-8-13(14)15/h4-5,8-12H,2-3,6-7H2,1H3,(H2,17,18,19). The van der Waals surface area contributed by atoms with E-state index in [1.165, 1.54) is 28.5 Å². The van der Waals surface area contributed by atoms with Crippen LogP contribution in [0.3, 0.4) is 0 Å². The molecule has 0 saturated heterocycles. The normalized spacial score (nSPS) is 17.2. The third-order valence-electron chi connectivity index (χ3n) is 4.02. The zero-order valence-corrected chi connectivity index (χ0v) is 12.5. The molecule has 1 fully saturated rings. The van der Waals surface area contributed by atoms with E-state index in [0.717, 1.165) is 12.8 Å². The molecule has 4 heteroatoms. The number of hydrogen-bond acceptors (Lipinski definition) is 2. The molecule has 1 aromatic heterocycles. The summed E-state index contributed by atoms with van der Waals surface area (Å²) in [6.45, 7) is 2.04. The smallest absolute Gasteiger partial charge is 0.315 e. The van der Waals surface area contributed by atoms with Gasteiger partial charge in [0.25, 0.3) is 0 Å². The average Bonchev–Trinajstić information content (AvgIpc) is 3.07. The van der Waals surface area contributed by atoms with Gasteiger partial charge in [0.2, 0.25) is 0 Å². The van der Waals surface area contributed by atoms with Gasteiger partial charge in [-0.25, -0.2) is 4.79 Å². The molecule has 1 unspecified atom stereocenters. The largest absolute Gasteiger partial charge is 0.335 e. The fourth-order valence-corrected chi connectivity index (χ4v) is 3.96. The highest BCUT2D eigenvalue weighted by molar-refractivity contribution is 7.17. The Morgan fingerprint density at radius 3 is 2.85 bits per heavy atom. The molecular formula is C16H20N2OS. The first-order chi connectivity index (χ1) is 9.74. The lowest BCUT2D eigenvalue weighted by atomic mass is 10.1. The molecule has 0 bridgehead atoms. The van der Waals surface area contributed by atoms with Crippen LogP contribution in [-0.4, -0.2) is 12.1 Å². The van der Waals surface area contributed by atoms with Crippen molar-refractivity contribution in [3.05, 3.63) is 35.2 Å². The summed E-state index contributed by atoms with van der Waals surface area (Å²) in [5.74, 6) is 0. The molecule has 106 valence electrons. The van der Waals surface area contributed by atoms with Crippen LogP contribution in [0, 0.1) is 0 Å². The first-order valence-electron chi connectivity index (χ1n) is 7.27. The lowest BCUT2D eigenvalue weighted by Crippen LogP contribution is -2.41. The summed E-state index contributed by atoms with van der Waals surface area (Å²) >= 11 is 1.73. The van der Waals surface area contributed by atoms with Crippen LogP contribution in [0.2, 0.25) is 0 Å². The van der Waals surface area contributed by atoms with E-state index in [0.29, 0.717) is 6.04 Å². The number of thiophene rings is 1. The van der Waals surface area contributed by atoms with Crippen LogP contribution in [0.1, 0.15) is 44.2 Å². The van der Waals surface area contributed by atoms with Gasteiger partial charge in [0.1, 0.15) is 0 Å². The van der Waals surface area contributed by atoms with Crippen molar-refractivity contribution < 1.29 is 4.79 Å². The van der Waals surface area contributed by atoms with Gasteiger partial charge < -0.3 is 10.6 Å². The molecule has 0 spiro atoms. The monoisotopic (exact) mass is 288 g/mol. The molecule has 1 saturated carbocycles. The van der Waals surface area contributed by atoms with Crippen molar-refractivity contribution in [1.29, 1.82) is 0 Å². The van der Waals surface area contributed by atoms with E-state index in [9.17, 15) is 4.79 Å². The molecule has 1 aliphatic carbocycles. The highest BCUT2D eigenvalue weighted by Crippen LogP contribution is 2.30. The fraction of sp³-hybridized carbons (Fsp3) is 0.438. The molecule has 3 nitrogen and oxygen atoms in total. The summed E-state index contributed by atoms with van der Waals surface area (Å²) in [6.07, 6.45) is 4.69. The maximum Gasteiger partial charge on any atom is 0.315 e. The number of amides is 2. The predicted octanol–water partition coefficient (Wildman–Crippen LogP) is 4.20. The van der Waals surface area contributed by atoms with Crippen molar-refractivity contribution in [2.75, 3.05) is 0 Å². The third kappa shape index (κ3) is 2.80. The molecule has 1 atom stereocenters. The number of carbonyl (C=O) groups excluding carboxylic acids is 1. The lowest BCUT2D eigenvalue weighted by molar-refractivity contribution is 0.234. The van der Waals surface area contributed by atoms with Crippen molar-refractivity contribution in [3.8, 4) is 0 Å². The summed E-state index contributed by atoms with van der Waals surface area (Å²) in [5.41, 5.74) is 1.20. The minimum atomic E-state index is -0.0420. The SMILES string of the molecule is CC(NC(=O)NC1CCCC1)c1csc2ccccc12. The molecular weight excluding hydrogens is 268 g/mol. The molecule has 0 radical (unpaired) electrons. The topological polar surface area (TPSA) is 41.1 Å². The Morgan fingerprint density at radius 2 is 2.05 bits per heavy atom. The second-order valence-corrected chi connectivity index (χ2v) is 6.42. The maximum atomic E-state index is 12.0. The van der Waals surface area contributed by atoms with E-state index in [1.807, 2.05) is 19.1 Å². The number of carbonyl (C=O) groups is 1. The Morgan fingerprint density at radius 1 is 1.30 bits per heavy atom. The zero-order chi connectivity index (χ0) is 13.9. The van der Waals surface area contributed by atoms with Gasteiger partial charge in [0.05, 0.1) is 6.04 Å². The second-order valence-electron chi connectivity index (χ2n) is 5.51. The van der Waals surface area contributed by atoms with Gasteiger partial charge in [-0.1, -0.05) is 31.0 Å². The van der Waals surface area contributed by atoms with Crippen LogP contribution in [-0.2, 0) is 0 Å². The molecule has 2 aromatic rings. The van der Waals surface area contributed by atoms with Gasteiger partial charge >= 0.3 is 6.03 Å². The summed E-state index contributed by atoms with van der Waals surface area (Å²) in [4.78, 5) is 12.0. The molecule has 2 N–H and O–H groups in total. The quantitative estimate of drug-likeness (QED) is 0.873. The molecule has 0 aliphatic heterocycles. The molecule has 1 aliphatic rings. The van der Waals surface area contributed by atoms with Gasteiger partial charge in [0.15, 0.2) is 0 Å². The van der Waals surface area contributed by atoms with Crippen molar-refractivity contribution in [2.45, 2.75) is 44.7 Å². The van der Waals surface area contributed by atoms with Crippen molar-refractivity contribution in [1.82, 2.24) is 10.6 Å². The van der Waals surface area contributed by atoms with Crippen molar-refractivity contribution >= 4 is 27.5 Å². The van der Waals surface area contributed by atoms with Gasteiger partial charge in [-0.2, -0.15) is 0 Å². The van der Waals surface area contributed by atoms with E-state index >= 15 is 0 Å². The van der Waals surface area contributed by atoms with Crippen molar-refractivity contribution in [2.24, 2.45) is 0 Å². The first kappa shape index (κ1) is 13.4. The number of nitrogens with one attached hydrogen (secondary N) is 2. The van der Waals surface area contributed by atoms with Crippen LogP contribution in [0.25, 0.3) is 10.1 Å². The van der Waals surface area contributed by atoms with Crippen molar-refractivity contribution in [3.63, 3.8) is 0 Å². The number of urea groups is 1. The second kappa shape index (κ2) is 5.83. The maximum absolute atomic E-state index is 12.0. The van der Waals surface area contributed by atoms with Crippen LogP contribution in [0.4, 0.5) is 4.79 Å². The Bertz CT molecular complexity index is 601. The number of hydrogen-bond donors (Lipinski definition) is 2.